The summed E-state index contributed by atoms with van der Waals surface area (Å²) in [5.41, 5.74) is 2.19. The predicted molar refractivity (Wildman–Crippen MR) is 75.7 cm³/mol. The van der Waals surface area contributed by atoms with E-state index in [0.717, 1.165) is 16.7 Å². The lowest BCUT2D eigenvalue weighted by Gasteiger charge is -2.37. The van der Waals surface area contributed by atoms with Crippen molar-refractivity contribution in [3.05, 3.63) is 34.4 Å². The molecule has 1 unspecified atom stereocenters. The molecule has 0 aromatic heterocycles. The van der Waals surface area contributed by atoms with Gasteiger partial charge in [-0.15, -0.1) is 0 Å². The monoisotopic (exact) mass is 278 g/mol. The molecule has 4 heteroatoms. The minimum atomic E-state index is -1.17. The molecule has 0 radical (unpaired) electrons. The quantitative estimate of drug-likeness (QED) is 0.882. The van der Waals surface area contributed by atoms with Crippen LogP contribution in [0.25, 0.3) is 0 Å². The van der Waals surface area contributed by atoms with Crippen molar-refractivity contribution < 1.29 is 19.7 Å². The van der Waals surface area contributed by atoms with Gasteiger partial charge >= 0.3 is 0 Å². The average Bonchev–Trinajstić information content (AvgIpc) is 2.35. The van der Waals surface area contributed by atoms with Gasteiger partial charge in [0, 0.05) is 18.6 Å². The normalized spacial score (nSPS) is 22.8. The second-order valence-corrected chi connectivity index (χ2v) is 6.10. The number of hydrogen-bond donors (Lipinski definition) is 2. The molecule has 0 amide bonds. The van der Waals surface area contributed by atoms with E-state index in [0.29, 0.717) is 18.6 Å². The molecule has 0 bridgehead atoms. The lowest BCUT2D eigenvalue weighted by atomic mass is 9.71. The number of carbonyl (C=O) groups excluding carboxylic acids is 1. The highest BCUT2D eigenvalue weighted by atomic mass is 16.5. The zero-order valence-electron chi connectivity index (χ0n) is 12.4. The third-order valence-corrected chi connectivity index (χ3v) is 4.16. The van der Waals surface area contributed by atoms with Crippen LogP contribution in [-0.2, 0) is 17.8 Å². The summed E-state index contributed by atoms with van der Waals surface area (Å²) in [6.45, 7) is 5.55. The van der Waals surface area contributed by atoms with Crippen molar-refractivity contribution in [1.82, 2.24) is 0 Å². The fourth-order valence-corrected chi connectivity index (χ4v) is 2.94. The fraction of sp³-hybridized carbons (Fsp3) is 0.562. The number of aryl methyl sites for hydroxylation is 1. The Morgan fingerprint density at radius 2 is 2.05 bits per heavy atom. The SMILES string of the molecule is COCc1ccc(C)c2c1C(=O)[C@@H](O)C(C(C)(C)O)C2. The summed E-state index contributed by atoms with van der Waals surface area (Å²) < 4.78 is 5.13. The third-order valence-electron chi connectivity index (χ3n) is 4.16. The van der Waals surface area contributed by atoms with E-state index < -0.39 is 17.6 Å². The number of carbonyl (C=O) groups is 1. The van der Waals surface area contributed by atoms with Crippen LogP contribution in [-0.4, -0.2) is 34.8 Å². The second-order valence-electron chi connectivity index (χ2n) is 6.10. The Hall–Kier alpha value is -1.23. The molecule has 2 atom stereocenters. The molecular weight excluding hydrogens is 256 g/mol. The molecule has 0 aliphatic heterocycles. The second kappa shape index (κ2) is 5.28. The van der Waals surface area contributed by atoms with Crippen LogP contribution < -0.4 is 0 Å². The van der Waals surface area contributed by atoms with Gasteiger partial charge in [0.15, 0.2) is 5.78 Å². The largest absolute Gasteiger partial charge is 0.390 e. The third kappa shape index (κ3) is 2.51. The first kappa shape index (κ1) is 15.2. The molecule has 4 nitrogen and oxygen atoms in total. The highest BCUT2D eigenvalue weighted by Crippen LogP contribution is 2.36. The van der Waals surface area contributed by atoms with E-state index in [4.69, 9.17) is 4.74 Å². The molecule has 0 heterocycles. The zero-order chi connectivity index (χ0) is 15.1. The number of fused-ring (bicyclic) bond motifs is 1. The molecule has 20 heavy (non-hydrogen) atoms. The average molecular weight is 278 g/mol. The highest BCUT2D eigenvalue weighted by Gasteiger charge is 2.43. The molecule has 110 valence electrons. The van der Waals surface area contributed by atoms with Crippen molar-refractivity contribution in [2.24, 2.45) is 5.92 Å². The molecule has 2 rings (SSSR count). The summed E-state index contributed by atoms with van der Waals surface area (Å²) in [5.74, 6) is -0.798. The fourth-order valence-electron chi connectivity index (χ4n) is 2.94. The Balaban J connectivity index is 2.56. The van der Waals surface area contributed by atoms with Crippen molar-refractivity contribution in [1.29, 1.82) is 0 Å². The van der Waals surface area contributed by atoms with Crippen LogP contribution in [0.4, 0.5) is 0 Å². The van der Waals surface area contributed by atoms with E-state index in [9.17, 15) is 15.0 Å². The number of aliphatic hydroxyl groups is 2. The van der Waals surface area contributed by atoms with Gasteiger partial charge in [-0.25, -0.2) is 0 Å². The molecule has 0 spiro atoms. The standard InChI is InChI=1S/C16H22O4/c1-9-5-6-10(8-20-4)13-11(9)7-12(16(2,3)19)14(17)15(13)18/h5-6,12,14,17,19H,7-8H2,1-4H3/t12?,14-/m0/s1. The Bertz CT molecular complexity index is 528. The van der Waals surface area contributed by atoms with Crippen molar-refractivity contribution >= 4 is 5.78 Å². The van der Waals surface area contributed by atoms with Gasteiger partial charge in [0.05, 0.1) is 12.2 Å². The molecule has 2 N–H and O–H groups in total. The topological polar surface area (TPSA) is 66.8 Å². The summed E-state index contributed by atoms with van der Waals surface area (Å²) in [6, 6.07) is 3.83. The minimum absolute atomic E-state index is 0.311. The van der Waals surface area contributed by atoms with Crippen LogP contribution >= 0.6 is 0 Å². The number of rotatable bonds is 3. The van der Waals surface area contributed by atoms with Gasteiger partial charge in [-0.1, -0.05) is 12.1 Å². The van der Waals surface area contributed by atoms with Gasteiger partial charge < -0.3 is 14.9 Å². The van der Waals surface area contributed by atoms with Gasteiger partial charge in [0.2, 0.25) is 0 Å². The molecule has 1 aliphatic carbocycles. The lowest BCUT2D eigenvalue weighted by Crippen LogP contribution is -2.48. The van der Waals surface area contributed by atoms with E-state index in [2.05, 4.69) is 0 Å². The van der Waals surface area contributed by atoms with Crippen LogP contribution in [0.2, 0.25) is 0 Å². The number of benzene rings is 1. The first-order chi connectivity index (χ1) is 9.27. The van der Waals surface area contributed by atoms with Gasteiger partial charge in [-0.2, -0.15) is 0 Å². The van der Waals surface area contributed by atoms with Gasteiger partial charge in [0.1, 0.15) is 6.10 Å². The maximum absolute atomic E-state index is 12.5. The minimum Gasteiger partial charge on any atom is -0.390 e. The van der Waals surface area contributed by atoms with Crippen molar-refractivity contribution in [3.8, 4) is 0 Å². The van der Waals surface area contributed by atoms with Crippen LogP contribution in [0.3, 0.4) is 0 Å². The van der Waals surface area contributed by atoms with Crippen LogP contribution in [0.5, 0.6) is 0 Å². The molecular formula is C16H22O4. The van der Waals surface area contributed by atoms with E-state index in [1.165, 1.54) is 0 Å². The first-order valence-electron chi connectivity index (χ1n) is 6.82. The molecule has 1 aliphatic rings. The zero-order valence-corrected chi connectivity index (χ0v) is 12.4. The molecule has 0 saturated heterocycles. The van der Waals surface area contributed by atoms with E-state index >= 15 is 0 Å². The van der Waals surface area contributed by atoms with Crippen molar-refractivity contribution in [3.63, 3.8) is 0 Å². The summed E-state index contributed by atoms with van der Waals surface area (Å²) in [5, 5.41) is 20.4. The van der Waals surface area contributed by atoms with E-state index in [1.807, 2.05) is 19.1 Å². The summed E-state index contributed by atoms with van der Waals surface area (Å²) >= 11 is 0. The van der Waals surface area contributed by atoms with Gasteiger partial charge in [0.25, 0.3) is 0 Å². The molecule has 1 aromatic carbocycles. The first-order valence-corrected chi connectivity index (χ1v) is 6.82. The molecule has 0 fully saturated rings. The smallest absolute Gasteiger partial charge is 0.192 e. The van der Waals surface area contributed by atoms with Crippen LogP contribution in [0.15, 0.2) is 12.1 Å². The highest BCUT2D eigenvalue weighted by molar-refractivity contribution is 6.03. The van der Waals surface area contributed by atoms with Crippen LogP contribution in [0.1, 0.15) is 40.9 Å². The number of hydrogen-bond acceptors (Lipinski definition) is 4. The van der Waals surface area contributed by atoms with Crippen molar-refractivity contribution in [2.75, 3.05) is 7.11 Å². The molecule has 0 saturated carbocycles. The number of ether oxygens (including phenoxy) is 1. The van der Waals surface area contributed by atoms with Crippen LogP contribution in [0, 0.1) is 12.8 Å². The number of Topliss-reactive ketones (excluding diaryl/α,β-unsaturated/α-hetero) is 1. The number of aliphatic hydroxyl groups excluding tert-OH is 1. The summed E-state index contributed by atoms with van der Waals surface area (Å²) in [6.07, 6.45) is -0.672. The number of ketones is 1. The maximum Gasteiger partial charge on any atom is 0.192 e. The van der Waals surface area contributed by atoms with E-state index in [-0.39, 0.29) is 5.78 Å². The van der Waals surface area contributed by atoms with Gasteiger partial charge in [-0.3, -0.25) is 4.79 Å². The maximum atomic E-state index is 12.5. The summed E-state index contributed by atoms with van der Waals surface area (Å²) in [7, 11) is 1.58. The Morgan fingerprint density at radius 3 is 2.60 bits per heavy atom. The number of methoxy groups -OCH3 is 1. The summed E-state index contributed by atoms with van der Waals surface area (Å²) in [4.78, 5) is 12.5. The lowest BCUT2D eigenvalue weighted by molar-refractivity contribution is -0.0398. The van der Waals surface area contributed by atoms with Gasteiger partial charge in [-0.05, 0) is 43.9 Å². The van der Waals surface area contributed by atoms with Crippen molar-refractivity contribution in [2.45, 2.75) is 45.5 Å². The Labute approximate surface area is 119 Å². The molecule has 1 aromatic rings. The predicted octanol–water partition coefficient (Wildman–Crippen LogP) is 1.63. The Kier molecular flexibility index (Phi) is 4.00. The van der Waals surface area contributed by atoms with E-state index in [1.54, 1.807) is 21.0 Å². The Morgan fingerprint density at radius 1 is 1.40 bits per heavy atom.